The molecule has 1 amide bonds. The lowest BCUT2D eigenvalue weighted by Crippen LogP contribution is -2.42. The number of carbonyl (C=O) groups is 1. The smallest absolute Gasteiger partial charge is 0.410 e. The van der Waals surface area contributed by atoms with Crippen molar-refractivity contribution >= 4 is 11.8 Å². The number of benzene rings is 1. The summed E-state index contributed by atoms with van der Waals surface area (Å²) in [6.45, 7) is 10.0. The summed E-state index contributed by atoms with van der Waals surface area (Å²) in [5, 5.41) is 0. The summed E-state index contributed by atoms with van der Waals surface area (Å²) in [6, 6.07) is 5.81. The molecule has 0 unspecified atom stereocenters. The molecule has 7 heteroatoms. The van der Waals surface area contributed by atoms with E-state index >= 15 is 0 Å². The second-order valence-corrected chi connectivity index (χ2v) is 8.67. The van der Waals surface area contributed by atoms with E-state index in [4.69, 9.17) is 15.2 Å². The molecule has 7 nitrogen and oxygen atoms in total. The summed E-state index contributed by atoms with van der Waals surface area (Å²) in [6.07, 6.45) is 3.57. The molecule has 1 aliphatic rings. The fourth-order valence-electron chi connectivity index (χ4n) is 3.68. The van der Waals surface area contributed by atoms with Crippen LogP contribution in [0.3, 0.4) is 0 Å². The predicted molar refractivity (Wildman–Crippen MR) is 114 cm³/mol. The number of piperidine rings is 1. The van der Waals surface area contributed by atoms with Crippen molar-refractivity contribution in [3.8, 4) is 17.0 Å². The average Bonchev–Trinajstić information content (AvgIpc) is 3.02. The predicted octanol–water partition coefficient (Wildman–Crippen LogP) is 4.10. The van der Waals surface area contributed by atoms with E-state index in [0.717, 1.165) is 49.6 Å². The maximum absolute atomic E-state index is 12.3. The lowest BCUT2D eigenvalue weighted by Gasteiger charge is -2.34. The number of methoxy groups -OCH3 is 1. The third kappa shape index (κ3) is 5.02. The SMILES string of the molecule is COc1cc(-c2cnc(C)n2CC2CCN(C(=O)OC(C)(C)C)CC2)ccc1N. The number of likely N-dealkylation sites (tertiary alicyclic amines) is 1. The Kier molecular flexibility index (Phi) is 6.05. The van der Waals surface area contributed by atoms with Crippen LogP contribution in [0.1, 0.15) is 39.4 Å². The zero-order chi connectivity index (χ0) is 21.2. The van der Waals surface area contributed by atoms with Crippen molar-refractivity contribution in [2.45, 2.75) is 52.7 Å². The van der Waals surface area contributed by atoms with E-state index in [9.17, 15) is 4.79 Å². The number of nitrogens with two attached hydrogens (primary N) is 1. The number of amides is 1. The minimum Gasteiger partial charge on any atom is -0.495 e. The molecule has 0 aliphatic carbocycles. The van der Waals surface area contributed by atoms with E-state index in [0.29, 0.717) is 17.4 Å². The summed E-state index contributed by atoms with van der Waals surface area (Å²) in [7, 11) is 1.62. The first-order valence-electron chi connectivity index (χ1n) is 10.1. The Bertz CT molecular complexity index is 861. The second-order valence-electron chi connectivity index (χ2n) is 8.67. The van der Waals surface area contributed by atoms with E-state index in [-0.39, 0.29) is 6.09 Å². The van der Waals surface area contributed by atoms with Gasteiger partial charge in [0.15, 0.2) is 0 Å². The standard InChI is InChI=1S/C22H32N4O3/c1-15-24-13-19(17-6-7-18(23)20(12-17)28-5)26(15)14-16-8-10-25(11-9-16)21(27)29-22(2,3)4/h6-7,12-13,16H,8-11,14,23H2,1-5H3. The number of ether oxygens (including phenoxy) is 2. The van der Waals surface area contributed by atoms with Gasteiger partial charge in [0.05, 0.1) is 24.7 Å². The molecule has 2 N–H and O–H groups in total. The van der Waals surface area contributed by atoms with Gasteiger partial charge in [-0.25, -0.2) is 9.78 Å². The van der Waals surface area contributed by atoms with Gasteiger partial charge in [-0.1, -0.05) is 6.07 Å². The maximum atomic E-state index is 12.3. The van der Waals surface area contributed by atoms with Gasteiger partial charge in [-0.15, -0.1) is 0 Å². The fourth-order valence-corrected chi connectivity index (χ4v) is 3.68. The highest BCUT2D eigenvalue weighted by atomic mass is 16.6. The summed E-state index contributed by atoms with van der Waals surface area (Å²) in [5.74, 6) is 2.12. The molecule has 29 heavy (non-hydrogen) atoms. The second kappa shape index (κ2) is 8.35. The molecule has 1 saturated heterocycles. The lowest BCUT2D eigenvalue weighted by molar-refractivity contribution is 0.0178. The van der Waals surface area contributed by atoms with Gasteiger partial charge in [-0.05, 0) is 58.6 Å². The van der Waals surface area contributed by atoms with Crippen LogP contribution < -0.4 is 10.5 Å². The van der Waals surface area contributed by atoms with Crippen molar-refractivity contribution in [3.63, 3.8) is 0 Å². The summed E-state index contributed by atoms with van der Waals surface area (Å²) in [4.78, 5) is 18.6. The van der Waals surface area contributed by atoms with Crippen molar-refractivity contribution in [1.82, 2.24) is 14.5 Å². The van der Waals surface area contributed by atoms with Gasteiger partial charge in [0.2, 0.25) is 0 Å². The van der Waals surface area contributed by atoms with Crippen LogP contribution in [-0.4, -0.2) is 46.3 Å². The Morgan fingerprint density at radius 3 is 2.59 bits per heavy atom. The topological polar surface area (TPSA) is 82.6 Å². The molecule has 0 radical (unpaired) electrons. The average molecular weight is 401 g/mol. The Morgan fingerprint density at radius 1 is 1.28 bits per heavy atom. The molecule has 2 aromatic rings. The number of imidazole rings is 1. The first-order chi connectivity index (χ1) is 13.7. The number of hydrogen-bond donors (Lipinski definition) is 1. The van der Waals surface area contributed by atoms with E-state index in [2.05, 4.69) is 9.55 Å². The van der Waals surface area contributed by atoms with Gasteiger partial charge >= 0.3 is 6.09 Å². The van der Waals surface area contributed by atoms with E-state index in [1.54, 1.807) is 7.11 Å². The van der Waals surface area contributed by atoms with Crippen molar-refractivity contribution in [2.75, 3.05) is 25.9 Å². The monoisotopic (exact) mass is 400 g/mol. The van der Waals surface area contributed by atoms with E-state index < -0.39 is 5.60 Å². The molecule has 0 spiro atoms. The highest BCUT2D eigenvalue weighted by Gasteiger charge is 2.27. The first kappa shape index (κ1) is 21.0. The normalized spacial score (nSPS) is 15.4. The van der Waals surface area contributed by atoms with Crippen molar-refractivity contribution in [2.24, 2.45) is 5.92 Å². The number of nitrogen functional groups attached to an aromatic ring is 1. The molecule has 1 aromatic carbocycles. The Hall–Kier alpha value is -2.70. The third-order valence-corrected chi connectivity index (χ3v) is 5.29. The number of aromatic nitrogens is 2. The summed E-state index contributed by atoms with van der Waals surface area (Å²) >= 11 is 0. The van der Waals surface area contributed by atoms with E-state index in [1.165, 1.54) is 0 Å². The molecular weight excluding hydrogens is 368 g/mol. The molecule has 2 heterocycles. The fraction of sp³-hybridized carbons (Fsp3) is 0.545. The molecule has 158 valence electrons. The lowest BCUT2D eigenvalue weighted by atomic mass is 9.96. The maximum Gasteiger partial charge on any atom is 0.410 e. The van der Waals surface area contributed by atoms with Crippen molar-refractivity contribution in [3.05, 3.63) is 30.2 Å². The zero-order valence-corrected chi connectivity index (χ0v) is 18.1. The van der Waals surface area contributed by atoms with Gasteiger partial charge in [0, 0.05) is 25.2 Å². The van der Waals surface area contributed by atoms with E-state index in [1.807, 2.05) is 57.0 Å². The largest absolute Gasteiger partial charge is 0.495 e. The number of nitrogens with zero attached hydrogens (tertiary/aromatic N) is 3. The zero-order valence-electron chi connectivity index (χ0n) is 18.1. The van der Waals surface area contributed by atoms with Gasteiger partial charge < -0.3 is 24.7 Å². The Labute approximate surface area is 172 Å². The minimum atomic E-state index is -0.461. The van der Waals surface area contributed by atoms with Crippen LogP contribution in [0.2, 0.25) is 0 Å². The van der Waals surface area contributed by atoms with Crippen LogP contribution >= 0.6 is 0 Å². The van der Waals surface area contributed by atoms with Crippen molar-refractivity contribution in [1.29, 1.82) is 0 Å². The molecule has 0 bridgehead atoms. The number of anilines is 1. The minimum absolute atomic E-state index is 0.218. The summed E-state index contributed by atoms with van der Waals surface area (Å²) < 4.78 is 13.1. The number of carbonyl (C=O) groups excluding carboxylic acids is 1. The molecule has 1 aliphatic heterocycles. The third-order valence-electron chi connectivity index (χ3n) is 5.29. The highest BCUT2D eigenvalue weighted by Crippen LogP contribution is 2.31. The van der Waals surface area contributed by atoms with Gasteiger partial charge in [0.1, 0.15) is 17.2 Å². The molecule has 0 atom stereocenters. The first-order valence-corrected chi connectivity index (χ1v) is 10.1. The number of hydrogen-bond acceptors (Lipinski definition) is 5. The van der Waals surface area contributed by atoms with Gasteiger partial charge in [0.25, 0.3) is 0 Å². The Balaban J connectivity index is 1.68. The molecule has 1 fully saturated rings. The van der Waals surface area contributed by atoms with Crippen LogP contribution in [-0.2, 0) is 11.3 Å². The molecule has 1 aromatic heterocycles. The van der Waals surface area contributed by atoms with Crippen LogP contribution in [0.15, 0.2) is 24.4 Å². The summed E-state index contributed by atoms with van der Waals surface area (Å²) in [5.41, 5.74) is 8.20. The van der Waals surface area contributed by atoms with Gasteiger partial charge in [-0.2, -0.15) is 0 Å². The molecule has 3 rings (SSSR count). The van der Waals surface area contributed by atoms with Crippen molar-refractivity contribution < 1.29 is 14.3 Å². The Morgan fingerprint density at radius 2 is 1.97 bits per heavy atom. The molecule has 0 saturated carbocycles. The van der Waals surface area contributed by atoms with Crippen LogP contribution in [0.4, 0.5) is 10.5 Å². The number of rotatable bonds is 4. The van der Waals surface area contributed by atoms with Crippen LogP contribution in [0.5, 0.6) is 5.75 Å². The molecular formula is C22H32N4O3. The number of aryl methyl sites for hydroxylation is 1. The quantitative estimate of drug-likeness (QED) is 0.782. The van der Waals surface area contributed by atoms with Crippen LogP contribution in [0.25, 0.3) is 11.3 Å². The van der Waals surface area contributed by atoms with Gasteiger partial charge in [-0.3, -0.25) is 0 Å². The van der Waals surface area contributed by atoms with Crippen LogP contribution in [0, 0.1) is 12.8 Å². The highest BCUT2D eigenvalue weighted by molar-refractivity contribution is 5.68.